The van der Waals surface area contributed by atoms with Crippen LogP contribution in [0.25, 0.3) is 0 Å². The van der Waals surface area contributed by atoms with Crippen molar-refractivity contribution in [3.05, 3.63) is 0 Å². The second-order valence-electron chi connectivity index (χ2n) is 3.92. The third kappa shape index (κ3) is 3.91. The molecule has 1 aliphatic rings. The molecular weight excluding hydrogens is 227 g/mol. The number of aliphatic hydroxyl groups is 2. The molecule has 0 aromatic rings. The summed E-state index contributed by atoms with van der Waals surface area (Å²) < 4.78 is 20.6. The van der Waals surface area contributed by atoms with E-state index in [1.165, 1.54) is 0 Å². The van der Waals surface area contributed by atoms with Gasteiger partial charge in [0.2, 0.25) is 0 Å². The zero-order valence-corrected chi connectivity index (χ0v) is 10.1. The van der Waals surface area contributed by atoms with Crippen molar-refractivity contribution in [3.8, 4) is 0 Å². The van der Waals surface area contributed by atoms with Gasteiger partial charge in [0.25, 0.3) is 0 Å². The van der Waals surface area contributed by atoms with E-state index >= 15 is 0 Å². The van der Waals surface area contributed by atoms with Gasteiger partial charge in [-0.25, -0.2) is 0 Å². The van der Waals surface area contributed by atoms with Gasteiger partial charge in [-0.2, -0.15) is 0 Å². The van der Waals surface area contributed by atoms with Crippen LogP contribution in [0.1, 0.15) is 0 Å². The summed E-state index contributed by atoms with van der Waals surface area (Å²) in [4.78, 5) is 0. The van der Waals surface area contributed by atoms with Gasteiger partial charge in [-0.15, -0.1) is 0 Å². The molecule has 1 fully saturated rings. The topological polar surface area (TPSA) is 77.4 Å². The maximum absolute atomic E-state index is 9.77. The first-order valence-corrected chi connectivity index (χ1v) is 5.47. The van der Waals surface area contributed by atoms with Gasteiger partial charge in [0.15, 0.2) is 0 Å². The minimum absolute atomic E-state index is 0.229. The molecule has 98 valence electrons. The van der Waals surface area contributed by atoms with Gasteiger partial charge in [0.05, 0.1) is 19.8 Å². The molecule has 7 heteroatoms. The number of aliphatic hydroxyl groups excluding tert-OH is 2. The first kappa shape index (κ1) is 14.9. The Balaban J connectivity index is 2.40. The van der Waals surface area contributed by atoms with Crippen LogP contribution >= 0.6 is 0 Å². The highest BCUT2D eigenvalue weighted by atomic mass is 16.6. The summed E-state index contributed by atoms with van der Waals surface area (Å²) in [5, 5.41) is 18.7. The van der Waals surface area contributed by atoms with Crippen molar-refractivity contribution in [2.75, 3.05) is 34.0 Å². The van der Waals surface area contributed by atoms with Crippen molar-refractivity contribution in [2.24, 2.45) is 0 Å². The van der Waals surface area contributed by atoms with Gasteiger partial charge in [-0.1, -0.05) is 0 Å². The Morgan fingerprint density at radius 3 is 2.53 bits per heavy atom. The molecule has 2 N–H and O–H groups in total. The standard InChI is InChI=1S/C10H19BO6/c1-14-4-6(15-2)5-16-9-8(13)7(3-12)17-10(9)11/h6-10,12-13H,3-5H2,1-2H3. The zero-order chi connectivity index (χ0) is 12.8. The van der Waals surface area contributed by atoms with Crippen molar-refractivity contribution < 1.29 is 29.2 Å². The molecule has 0 saturated carbocycles. The van der Waals surface area contributed by atoms with Crippen LogP contribution < -0.4 is 0 Å². The lowest BCUT2D eigenvalue weighted by Crippen LogP contribution is -2.39. The van der Waals surface area contributed by atoms with Crippen LogP contribution in [-0.2, 0) is 18.9 Å². The highest BCUT2D eigenvalue weighted by molar-refractivity contribution is 6.11. The largest absolute Gasteiger partial charge is 0.394 e. The Morgan fingerprint density at radius 1 is 1.35 bits per heavy atom. The molecule has 6 nitrogen and oxygen atoms in total. The maximum atomic E-state index is 9.77. The first-order valence-electron chi connectivity index (χ1n) is 5.47. The molecule has 1 saturated heterocycles. The van der Waals surface area contributed by atoms with Crippen LogP contribution in [0.4, 0.5) is 0 Å². The lowest BCUT2D eigenvalue weighted by atomic mass is 9.93. The lowest BCUT2D eigenvalue weighted by molar-refractivity contribution is -0.0811. The summed E-state index contributed by atoms with van der Waals surface area (Å²) in [6, 6.07) is -0.748. The van der Waals surface area contributed by atoms with Crippen LogP contribution in [-0.4, -0.2) is 82.5 Å². The predicted molar refractivity (Wildman–Crippen MR) is 59.9 cm³/mol. The second kappa shape index (κ2) is 7.30. The van der Waals surface area contributed by atoms with Gasteiger partial charge < -0.3 is 29.2 Å². The quantitative estimate of drug-likeness (QED) is 0.520. The fourth-order valence-corrected chi connectivity index (χ4v) is 1.70. The highest BCUT2D eigenvalue weighted by Gasteiger charge is 2.41. The smallest absolute Gasteiger partial charge is 0.112 e. The summed E-state index contributed by atoms with van der Waals surface area (Å²) in [6.45, 7) is 0.334. The van der Waals surface area contributed by atoms with Gasteiger partial charge in [0, 0.05) is 20.2 Å². The summed E-state index contributed by atoms with van der Waals surface area (Å²) in [5.74, 6) is 0. The van der Waals surface area contributed by atoms with E-state index < -0.39 is 24.3 Å². The zero-order valence-electron chi connectivity index (χ0n) is 10.1. The van der Waals surface area contributed by atoms with E-state index in [1.54, 1.807) is 14.2 Å². The van der Waals surface area contributed by atoms with E-state index in [0.29, 0.717) is 6.61 Å². The van der Waals surface area contributed by atoms with Gasteiger partial charge in [-0.3, -0.25) is 0 Å². The van der Waals surface area contributed by atoms with Gasteiger partial charge in [-0.05, 0) is 0 Å². The van der Waals surface area contributed by atoms with Crippen LogP contribution in [0, 0.1) is 0 Å². The van der Waals surface area contributed by atoms with E-state index in [2.05, 4.69) is 0 Å². The second-order valence-corrected chi connectivity index (χ2v) is 3.92. The predicted octanol–water partition coefficient (Wildman–Crippen LogP) is -1.72. The molecule has 0 aromatic carbocycles. The third-order valence-electron chi connectivity index (χ3n) is 2.71. The molecule has 1 aliphatic heterocycles. The maximum Gasteiger partial charge on any atom is 0.112 e. The average molecular weight is 246 g/mol. The molecule has 5 unspecified atom stereocenters. The molecule has 0 spiro atoms. The fraction of sp³-hybridized carbons (Fsp3) is 1.00. The Morgan fingerprint density at radius 2 is 2.06 bits per heavy atom. The molecule has 5 atom stereocenters. The summed E-state index contributed by atoms with van der Waals surface area (Å²) in [5.41, 5.74) is 0. The van der Waals surface area contributed by atoms with Crippen molar-refractivity contribution in [1.82, 2.24) is 0 Å². The highest BCUT2D eigenvalue weighted by Crippen LogP contribution is 2.22. The van der Waals surface area contributed by atoms with E-state index in [4.69, 9.17) is 31.9 Å². The summed E-state index contributed by atoms with van der Waals surface area (Å²) in [6.07, 6.45) is -2.53. The fourth-order valence-electron chi connectivity index (χ4n) is 1.70. The first-order chi connectivity index (χ1) is 8.13. The Hall–Kier alpha value is -0.175. The van der Waals surface area contributed by atoms with Gasteiger partial charge >= 0.3 is 0 Å². The molecule has 1 rings (SSSR count). The number of hydrogen-bond acceptors (Lipinski definition) is 6. The Bertz CT molecular complexity index is 217. The number of ether oxygens (including phenoxy) is 4. The van der Waals surface area contributed by atoms with Crippen LogP contribution in [0.3, 0.4) is 0 Å². The van der Waals surface area contributed by atoms with Crippen molar-refractivity contribution in [1.29, 1.82) is 0 Å². The monoisotopic (exact) mass is 246 g/mol. The molecule has 17 heavy (non-hydrogen) atoms. The molecule has 0 bridgehead atoms. The molecule has 0 amide bonds. The summed E-state index contributed by atoms with van der Waals surface area (Å²) >= 11 is 0. The van der Waals surface area contributed by atoms with Crippen LogP contribution in [0.5, 0.6) is 0 Å². The molecule has 1 heterocycles. The summed E-state index contributed by atoms with van der Waals surface area (Å²) in [7, 11) is 8.76. The van der Waals surface area contributed by atoms with Crippen LogP contribution in [0.15, 0.2) is 0 Å². The van der Waals surface area contributed by atoms with Crippen molar-refractivity contribution in [2.45, 2.75) is 30.4 Å². The lowest BCUT2D eigenvalue weighted by Gasteiger charge is -2.22. The molecule has 0 aliphatic carbocycles. The Kier molecular flexibility index (Phi) is 6.39. The van der Waals surface area contributed by atoms with Crippen molar-refractivity contribution >= 4 is 7.85 Å². The Labute approximate surface area is 102 Å². The molecular formula is C10H19BO6. The normalized spacial score (nSPS) is 35.1. The van der Waals surface area contributed by atoms with Crippen LogP contribution in [0.2, 0.25) is 0 Å². The van der Waals surface area contributed by atoms with E-state index in [1.807, 2.05) is 0 Å². The molecule has 0 aromatic heterocycles. The minimum atomic E-state index is -0.935. The average Bonchev–Trinajstić information content (AvgIpc) is 2.60. The van der Waals surface area contributed by atoms with Crippen molar-refractivity contribution in [3.63, 3.8) is 0 Å². The van der Waals surface area contributed by atoms with E-state index in [9.17, 15) is 5.11 Å². The van der Waals surface area contributed by atoms with E-state index in [-0.39, 0.29) is 19.3 Å². The number of hydrogen-bond donors (Lipinski definition) is 2. The molecule has 2 radical (unpaired) electrons. The van der Waals surface area contributed by atoms with E-state index in [0.717, 1.165) is 0 Å². The number of methoxy groups -OCH3 is 2. The van der Waals surface area contributed by atoms with Gasteiger partial charge in [0.1, 0.15) is 32.3 Å². The third-order valence-corrected chi connectivity index (χ3v) is 2.71. The SMILES string of the molecule is [B]C1OC(CO)C(O)C1OCC(COC)OC. The number of rotatable bonds is 7. The minimum Gasteiger partial charge on any atom is -0.394 e.